The van der Waals surface area contributed by atoms with Crippen LogP contribution in [0.15, 0.2) is 30.3 Å². The normalized spacial score (nSPS) is 10.2. The van der Waals surface area contributed by atoms with Crippen molar-refractivity contribution in [3.63, 3.8) is 0 Å². The Morgan fingerprint density at radius 2 is 2.00 bits per heavy atom. The van der Waals surface area contributed by atoms with Crippen LogP contribution in [0.4, 0.5) is 5.82 Å². The van der Waals surface area contributed by atoms with Gasteiger partial charge in [-0.1, -0.05) is 0 Å². The lowest BCUT2D eigenvalue weighted by Crippen LogP contribution is -2.05. The van der Waals surface area contributed by atoms with Gasteiger partial charge in [-0.05, 0) is 42.8 Å². The minimum Gasteiger partial charge on any atom is -0.497 e. The summed E-state index contributed by atoms with van der Waals surface area (Å²) in [6.07, 6.45) is 0. The second kappa shape index (κ2) is 5.48. The van der Waals surface area contributed by atoms with E-state index < -0.39 is 5.97 Å². The summed E-state index contributed by atoms with van der Waals surface area (Å²) in [6.45, 7) is 2.08. The van der Waals surface area contributed by atoms with Gasteiger partial charge in [-0.2, -0.15) is 0 Å². The van der Waals surface area contributed by atoms with Crippen LogP contribution in [0.2, 0.25) is 0 Å². The third-order valence-electron chi connectivity index (χ3n) is 2.74. The highest BCUT2D eigenvalue weighted by Crippen LogP contribution is 2.25. The first-order valence-electron chi connectivity index (χ1n) is 5.95. The van der Waals surface area contributed by atoms with Gasteiger partial charge in [0.15, 0.2) is 0 Å². The van der Waals surface area contributed by atoms with Crippen LogP contribution in [-0.2, 0) is 4.74 Å². The van der Waals surface area contributed by atoms with E-state index in [0.29, 0.717) is 18.0 Å². The van der Waals surface area contributed by atoms with E-state index in [4.69, 9.17) is 15.2 Å². The third-order valence-corrected chi connectivity index (χ3v) is 2.74. The molecule has 0 spiro atoms. The number of nitrogens with one attached hydrogen (secondary N) is 1. The van der Waals surface area contributed by atoms with Crippen molar-refractivity contribution in [3.05, 3.63) is 35.9 Å². The Balaban J connectivity index is 2.30. The molecule has 0 saturated carbocycles. The number of aromatic amines is 1. The lowest BCUT2D eigenvalue weighted by atomic mass is 10.1. The lowest BCUT2D eigenvalue weighted by Gasteiger charge is -2.01. The topological polar surface area (TPSA) is 77.3 Å². The maximum absolute atomic E-state index is 11.7. The fourth-order valence-corrected chi connectivity index (χ4v) is 1.77. The molecule has 5 nitrogen and oxygen atoms in total. The zero-order valence-electron chi connectivity index (χ0n) is 10.9. The molecule has 0 radical (unpaired) electrons. The summed E-state index contributed by atoms with van der Waals surface area (Å²) >= 11 is 0. The van der Waals surface area contributed by atoms with E-state index >= 15 is 0 Å². The second-order valence-corrected chi connectivity index (χ2v) is 3.96. The first kappa shape index (κ1) is 13.0. The van der Waals surface area contributed by atoms with Crippen molar-refractivity contribution in [1.82, 2.24) is 4.98 Å². The van der Waals surface area contributed by atoms with Crippen LogP contribution in [0, 0.1) is 0 Å². The van der Waals surface area contributed by atoms with Gasteiger partial charge in [0.2, 0.25) is 0 Å². The molecular formula is C14H16N2O3. The summed E-state index contributed by atoms with van der Waals surface area (Å²) in [4.78, 5) is 14.6. The number of carbonyl (C=O) groups excluding carboxylic acids is 1. The number of benzene rings is 1. The van der Waals surface area contributed by atoms with E-state index in [-0.39, 0.29) is 0 Å². The molecule has 0 amide bonds. The zero-order valence-corrected chi connectivity index (χ0v) is 10.9. The predicted molar refractivity (Wildman–Crippen MR) is 73.1 cm³/mol. The van der Waals surface area contributed by atoms with Gasteiger partial charge in [-0.3, -0.25) is 0 Å². The van der Waals surface area contributed by atoms with Gasteiger partial charge in [0.05, 0.1) is 13.7 Å². The molecule has 1 aromatic carbocycles. The molecule has 0 bridgehead atoms. The van der Waals surface area contributed by atoms with E-state index in [1.165, 1.54) is 0 Å². The molecule has 0 atom stereocenters. The number of esters is 1. The van der Waals surface area contributed by atoms with Crippen molar-refractivity contribution in [3.8, 4) is 17.0 Å². The number of hydrogen-bond donors (Lipinski definition) is 2. The van der Waals surface area contributed by atoms with Crippen molar-refractivity contribution < 1.29 is 14.3 Å². The standard InChI is InChI=1S/C14H16N2O3/c1-3-19-14(17)11-8-12(16-13(11)15)9-4-6-10(18-2)7-5-9/h4-8,16H,3,15H2,1-2H3. The summed E-state index contributed by atoms with van der Waals surface area (Å²) < 4.78 is 10.0. The number of rotatable bonds is 4. The zero-order chi connectivity index (χ0) is 13.8. The van der Waals surface area contributed by atoms with Crippen LogP contribution < -0.4 is 10.5 Å². The largest absolute Gasteiger partial charge is 0.497 e. The fraction of sp³-hybridized carbons (Fsp3) is 0.214. The number of H-pyrrole nitrogens is 1. The highest BCUT2D eigenvalue weighted by atomic mass is 16.5. The predicted octanol–water partition coefficient (Wildman–Crippen LogP) is 2.45. The molecule has 0 fully saturated rings. The molecular weight excluding hydrogens is 244 g/mol. The lowest BCUT2D eigenvalue weighted by molar-refractivity contribution is 0.0528. The second-order valence-electron chi connectivity index (χ2n) is 3.96. The molecule has 0 aliphatic rings. The number of aromatic nitrogens is 1. The van der Waals surface area contributed by atoms with E-state index in [0.717, 1.165) is 17.0 Å². The minimum absolute atomic E-state index is 0.310. The average Bonchev–Trinajstić information content (AvgIpc) is 2.81. The molecule has 1 aromatic heterocycles. The molecule has 3 N–H and O–H groups in total. The first-order chi connectivity index (χ1) is 9.15. The number of nitrogens with two attached hydrogens (primary N) is 1. The molecule has 0 aliphatic carbocycles. The van der Waals surface area contributed by atoms with Crippen molar-refractivity contribution in [2.24, 2.45) is 0 Å². The Morgan fingerprint density at radius 1 is 1.32 bits per heavy atom. The summed E-state index contributed by atoms with van der Waals surface area (Å²) in [7, 11) is 1.61. The SMILES string of the molecule is CCOC(=O)c1cc(-c2ccc(OC)cc2)[nH]c1N. The van der Waals surface area contributed by atoms with Crippen LogP contribution in [0.5, 0.6) is 5.75 Å². The molecule has 2 rings (SSSR count). The van der Waals surface area contributed by atoms with Crippen LogP contribution in [0.1, 0.15) is 17.3 Å². The number of nitrogen functional groups attached to an aromatic ring is 1. The van der Waals surface area contributed by atoms with Crippen molar-refractivity contribution >= 4 is 11.8 Å². The van der Waals surface area contributed by atoms with Gasteiger partial charge in [0, 0.05) is 5.69 Å². The highest BCUT2D eigenvalue weighted by molar-refractivity contribution is 5.96. The van der Waals surface area contributed by atoms with E-state index in [1.807, 2.05) is 24.3 Å². The fourth-order valence-electron chi connectivity index (χ4n) is 1.77. The molecule has 2 aromatic rings. The Bertz CT molecular complexity index is 573. The van der Waals surface area contributed by atoms with Crippen LogP contribution >= 0.6 is 0 Å². The molecule has 1 heterocycles. The third kappa shape index (κ3) is 2.70. The number of carbonyl (C=O) groups is 1. The summed E-state index contributed by atoms with van der Waals surface area (Å²) in [5, 5.41) is 0. The number of methoxy groups -OCH3 is 1. The maximum Gasteiger partial charge on any atom is 0.341 e. The molecule has 0 aliphatic heterocycles. The Morgan fingerprint density at radius 3 is 2.58 bits per heavy atom. The van der Waals surface area contributed by atoms with Gasteiger partial charge < -0.3 is 20.2 Å². The van der Waals surface area contributed by atoms with E-state index in [1.54, 1.807) is 20.1 Å². The molecule has 0 unspecified atom stereocenters. The van der Waals surface area contributed by atoms with Gasteiger partial charge in [-0.25, -0.2) is 4.79 Å². The van der Waals surface area contributed by atoms with Crippen molar-refractivity contribution in [2.75, 3.05) is 19.5 Å². The summed E-state index contributed by atoms with van der Waals surface area (Å²) in [6, 6.07) is 9.15. The van der Waals surface area contributed by atoms with Gasteiger partial charge in [0.1, 0.15) is 17.1 Å². The minimum atomic E-state index is -0.420. The van der Waals surface area contributed by atoms with E-state index in [9.17, 15) is 4.79 Å². The van der Waals surface area contributed by atoms with Crippen molar-refractivity contribution in [2.45, 2.75) is 6.92 Å². The van der Waals surface area contributed by atoms with Crippen molar-refractivity contribution in [1.29, 1.82) is 0 Å². The monoisotopic (exact) mass is 260 g/mol. The van der Waals surface area contributed by atoms with Crippen LogP contribution in [0.25, 0.3) is 11.3 Å². The summed E-state index contributed by atoms with van der Waals surface area (Å²) in [5.41, 5.74) is 7.83. The number of hydrogen-bond acceptors (Lipinski definition) is 4. The first-order valence-corrected chi connectivity index (χ1v) is 5.95. The quantitative estimate of drug-likeness (QED) is 0.828. The van der Waals surface area contributed by atoms with E-state index in [2.05, 4.69) is 4.98 Å². The smallest absolute Gasteiger partial charge is 0.341 e. The highest BCUT2D eigenvalue weighted by Gasteiger charge is 2.15. The molecule has 19 heavy (non-hydrogen) atoms. The maximum atomic E-state index is 11.7. The van der Waals surface area contributed by atoms with Gasteiger partial charge >= 0.3 is 5.97 Å². The molecule has 5 heteroatoms. The number of anilines is 1. The average molecular weight is 260 g/mol. The van der Waals surface area contributed by atoms with Crippen LogP contribution in [0.3, 0.4) is 0 Å². The van der Waals surface area contributed by atoms with Gasteiger partial charge in [-0.15, -0.1) is 0 Å². The number of ether oxygens (including phenoxy) is 2. The Kier molecular flexibility index (Phi) is 3.75. The van der Waals surface area contributed by atoms with Gasteiger partial charge in [0.25, 0.3) is 0 Å². The summed E-state index contributed by atoms with van der Waals surface area (Å²) in [5.74, 6) is 0.661. The molecule has 0 saturated heterocycles. The Hall–Kier alpha value is -2.43. The van der Waals surface area contributed by atoms with Crippen LogP contribution in [-0.4, -0.2) is 24.7 Å². The Labute approximate surface area is 111 Å². The molecule has 100 valence electrons.